The van der Waals surface area contributed by atoms with Gasteiger partial charge in [0.05, 0.1) is 0 Å². The molecule has 2 aromatic rings. The molecule has 2 nitrogen and oxygen atoms in total. The maximum Gasteiger partial charge on any atom is 0.0346 e. The van der Waals surface area contributed by atoms with Crippen molar-refractivity contribution in [3.05, 3.63) is 42.2 Å². The largest absolute Gasteiger partial charge is 0.317 e. The molecule has 0 aliphatic heterocycles. The molecule has 0 saturated carbocycles. The van der Waals surface area contributed by atoms with Gasteiger partial charge in [-0.2, -0.15) is 0 Å². The van der Waals surface area contributed by atoms with Crippen molar-refractivity contribution in [2.24, 2.45) is 0 Å². The summed E-state index contributed by atoms with van der Waals surface area (Å²) in [5.74, 6) is 0. The molecule has 0 amide bonds. The number of benzene rings is 1. The first-order valence-electron chi connectivity index (χ1n) is 7.19. The van der Waals surface area contributed by atoms with E-state index in [1.165, 1.54) is 22.8 Å². The van der Waals surface area contributed by atoms with Gasteiger partial charge in [0.25, 0.3) is 0 Å². The molecule has 19 heavy (non-hydrogen) atoms. The Balaban J connectivity index is 2.22. The monoisotopic (exact) mass is 256 g/mol. The van der Waals surface area contributed by atoms with E-state index in [0.717, 1.165) is 19.5 Å². The van der Waals surface area contributed by atoms with Gasteiger partial charge in [-0.15, -0.1) is 0 Å². The molecule has 0 unspecified atom stereocenters. The summed E-state index contributed by atoms with van der Waals surface area (Å²) < 4.78 is 0. The number of aromatic nitrogens is 1. The first-order valence-corrected chi connectivity index (χ1v) is 7.19. The smallest absolute Gasteiger partial charge is 0.0346 e. The van der Waals surface area contributed by atoms with E-state index >= 15 is 0 Å². The van der Waals surface area contributed by atoms with Crippen LogP contribution >= 0.6 is 0 Å². The van der Waals surface area contributed by atoms with Crippen LogP contribution in [0.5, 0.6) is 0 Å². The van der Waals surface area contributed by atoms with Crippen molar-refractivity contribution in [2.45, 2.75) is 39.0 Å². The topological polar surface area (TPSA) is 24.9 Å². The van der Waals surface area contributed by atoms with Crippen LogP contribution in [-0.2, 0) is 5.41 Å². The summed E-state index contributed by atoms with van der Waals surface area (Å²) in [5.41, 5.74) is 1.50. The number of hydrogen-bond donors (Lipinski definition) is 1. The van der Waals surface area contributed by atoms with Gasteiger partial charge in [-0.3, -0.25) is 4.98 Å². The minimum absolute atomic E-state index is 0.147. The molecule has 0 fully saturated rings. The zero-order chi connectivity index (χ0) is 13.7. The highest BCUT2D eigenvalue weighted by atomic mass is 14.8. The Bertz CT molecular complexity index is 526. The van der Waals surface area contributed by atoms with Crippen LogP contribution in [0.25, 0.3) is 10.8 Å². The van der Waals surface area contributed by atoms with Gasteiger partial charge in [0.15, 0.2) is 0 Å². The first kappa shape index (κ1) is 14.0. The molecule has 102 valence electrons. The fourth-order valence-corrected chi connectivity index (χ4v) is 2.49. The summed E-state index contributed by atoms with van der Waals surface area (Å²) in [6.07, 6.45) is 6.30. The third-order valence-corrected chi connectivity index (χ3v) is 3.75. The Morgan fingerprint density at radius 3 is 2.68 bits per heavy atom. The van der Waals surface area contributed by atoms with Crippen molar-refractivity contribution in [1.29, 1.82) is 0 Å². The summed E-state index contributed by atoms with van der Waals surface area (Å²) in [5, 5.41) is 6.05. The molecule has 0 spiro atoms. The van der Waals surface area contributed by atoms with E-state index in [4.69, 9.17) is 0 Å². The second-order valence-electron chi connectivity index (χ2n) is 5.79. The summed E-state index contributed by atoms with van der Waals surface area (Å²) >= 11 is 0. The molecule has 1 aromatic carbocycles. The molecule has 0 saturated heterocycles. The highest BCUT2D eigenvalue weighted by Gasteiger charge is 2.22. The number of nitrogens with one attached hydrogen (secondary N) is 1. The van der Waals surface area contributed by atoms with E-state index in [0.29, 0.717) is 0 Å². The van der Waals surface area contributed by atoms with Crippen LogP contribution in [0, 0.1) is 0 Å². The molecule has 1 N–H and O–H groups in total. The van der Waals surface area contributed by atoms with Crippen molar-refractivity contribution in [1.82, 2.24) is 10.3 Å². The molecule has 0 aliphatic rings. The molecule has 2 rings (SSSR count). The zero-order valence-corrected chi connectivity index (χ0v) is 12.2. The average molecular weight is 256 g/mol. The van der Waals surface area contributed by atoms with Gasteiger partial charge in [-0.25, -0.2) is 0 Å². The molecule has 2 heteroatoms. The number of nitrogens with zero attached hydrogens (tertiary/aromatic N) is 1. The zero-order valence-electron chi connectivity index (χ0n) is 12.2. The Morgan fingerprint density at radius 1 is 1.11 bits per heavy atom. The SMILES string of the molecule is CCCNCCC(C)(C)c1cncc2ccccc12. The predicted octanol–water partition coefficient (Wildman–Crippen LogP) is 3.90. The molecule has 0 radical (unpaired) electrons. The van der Waals surface area contributed by atoms with E-state index in [2.05, 4.69) is 55.3 Å². The summed E-state index contributed by atoms with van der Waals surface area (Å²) in [6, 6.07) is 8.52. The quantitative estimate of drug-likeness (QED) is 0.793. The molecule has 1 heterocycles. The minimum Gasteiger partial charge on any atom is -0.317 e. The van der Waals surface area contributed by atoms with E-state index in [1.54, 1.807) is 0 Å². The van der Waals surface area contributed by atoms with E-state index in [1.807, 2.05) is 12.4 Å². The highest BCUT2D eigenvalue weighted by molar-refractivity contribution is 5.85. The van der Waals surface area contributed by atoms with Gasteiger partial charge in [0.1, 0.15) is 0 Å². The number of rotatable bonds is 6. The maximum atomic E-state index is 4.40. The Morgan fingerprint density at radius 2 is 1.89 bits per heavy atom. The lowest BCUT2D eigenvalue weighted by Crippen LogP contribution is -2.26. The molecule has 0 aliphatic carbocycles. The molecule has 0 atom stereocenters. The normalized spacial score (nSPS) is 11.9. The number of hydrogen-bond acceptors (Lipinski definition) is 2. The van der Waals surface area contributed by atoms with Crippen LogP contribution in [0.15, 0.2) is 36.7 Å². The second kappa shape index (κ2) is 6.16. The molecular weight excluding hydrogens is 232 g/mol. The van der Waals surface area contributed by atoms with E-state index in [9.17, 15) is 0 Å². The average Bonchev–Trinajstić information content (AvgIpc) is 2.43. The Hall–Kier alpha value is -1.41. The van der Waals surface area contributed by atoms with Gasteiger partial charge in [-0.1, -0.05) is 45.0 Å². The van der Waals surface area contributed by atoms with Crippen molar-refractivity contribution in [3.63, 3.8) is 0 Å². The third-order valence-electron chi connectivity index (χ3n) is 3.75. The van der Waals surface area contributed by atoms with Crippen LogP contribution in [0.1, 0.15) is 39.2 Å². The van der Waals surface area contributed by atoms with Gasteiger partial charge >= 0.3 is 0 Å². The van der Waals surface area contributed by atoms with Crippen LogP contribution in [0.4, 0.5) is 0 Å². The lowest BCUT2D eigenvalue weighted by Gasteiger charge is -2.26. The Labute approximate surface area is 116 Å². The summed E-state index contributed by atoms with van der Waals surface area (Å²) in [6.45, 7) is 8.98. The summed E-state index contributed by atoms with van der Waals surface area (Å²) in [7, 11) is 0. The first-order chi connectivity index (χ1) is 9.15. The van der Waals surface area contributed by atoms with E-state index in [-0.39, 0.29) is 5.41 Å². The summed E-state index contributed by atoms with van der Waals surface area (Å²) in [4.78, 5) is 4.40. The van der Waals surface area contributed by atoms with Crippen LogP contribution in [-0.4, -0.2) is 18.1 Å². The minimum atomic E-state index is 0.147. The fourth-order valence-electron chi connectivity index (χ4n) is 2.49. The molecule has 1 aromatic heterocycles. The fraction of sp³-hybridized carbons (Fsp3) is 0.471. The third kappa shape index (κ3) is 3.32. The Kier molecular flexibility index (Phi) is 4.54. The van der Waals surface area contributed by atoms with Gasteiger partial charge in [0, 0.05) is 17.8 Å². The van der Waals surface area contributed by atoms with Crippen molar-refractivity contribution < 1.29 is 0 Å². The van der Waals surface area contributed by atoms with Crippen molar-refractivity contribution in [3.8, 4) is 0 Å². The predicted molar refractivity (Wildman–Crippen MR) is 82.5 cm³/mol. The molecule has 0 bridgehead atoms. The standard InChI is InChI=1S/C17H24N2/c1-4-10-18-11-9-17(2,3)16-13-19-12-14-7-5-6-8-15(14)16/h5-8,12-13,18H,4,9-11H2,1-3H3. The van der Waals surface area contributed by atoms with Crippen LogP contribution in [0.2, 0.25) is 0 Å². The lowest BCUT2D eigenvalue weighted by atomic mass is 9.80. The highest BCUT2D eigenvalue weighted by Crippen LogP contribution is 2.31. The number of fused-ring (bicyclic) bond motifs is 1. The van der Waals surface area contributed by atoms with Crippen molar-refractivity contribution in [2.75, 3.05) is 13.1 Å². The lowest BCUT2D eigenvalue weighted by molar-refractivity contribution is 0.459. The van der Waals surface area contributed by atoms with Gasteiger partial charge < -0.3 is 5.32 Å². The van der Waals surface area contributed by atoms with Gasteiger partial charge in [0.2, 0.25) is 0 Å². The van der Waals surface area contributed by atoms with Crippen LogP contribution in [0.3, 0.4) is 0 Å². The van der Waals surface area contributed by atoms with Crippen LogP contribution < -0.4 is 5.32 Å². The number of pyridine rings is 1. The molecular formula is C17H24N2. The maximum absolute atomic E-state index is 4.40. The van der Waals surface area contributed by atoms with Gasteiger partial charge in [-0.05, 0) is 42.3 Å². The van der Waals surface area contributed by atoms with Crippen molar-refractivity contribution >= 4 is 10.8 Å². The second-order valence-corrected chi connectivity index (χ2v) is 5.79. The van der Waals surface area contributed by atoms with E-state index < -0.39 is 0 Å².